The average Bonchev–Trinajstić information content (AvgIpc) is 3.18. The van der Waals surface area contributed by atoms with Gasteiger partial charge in [0.15, 0.2) is 22.4 Å². The molecule has 1 saturated heterocycles. The maximum atomic E-state index is 13.2. The number of ether oxygens (including phenoxy) is 3. The number of methoxy groups -OCH3 is 1. The van der Waals surface area contributed by atoms with Gasteiger partial charge in [0, 0.05) is 0 Å². The van der Waals surface area contributed by atoms with Gasteiger partial charge in [-0.2, -0.15) is 0 Å². The van der Waals surface area contributed by atoms with Gasteiger partial charge in [0.2, 0.25) is 0 Å². The molecule has 0 unspecified atom stereocenters. The van der Waals surface area contributed by atoms with Gasteiger partial charge in [0.05, 0.1) is 30.0 Å². The van der Waals surface area contributed by atoms with Crippen molar-refractivity contribution in [1.82, 2.24) is 0 Å². The molecule has 2 amide bonds. The van der Waals surface area contributed by atoms with Crippen molar-refractivity contribution in [3.63, 3.8) is 0 Å². The molecule has 38 heavy (non-hydrogen) atoms. The third-order valence-corrected chi connectivity index (χ3v) is 7.15. The molecule has 0 aliphatic carbocycles. The highest BCUT2D eigenvalue weighted by Gasteiger charge is 2.33. The van der Waals surface area contributed by atoms with Crippen LogP contribution in [0.2, 0.25) is 0 Å². The molecule has 3 aromatic rings. The third-order valence-electron chi connectivity index (χ3n) is 5.85. The minimum atomic E-state index is -0.337. The predicted octanol–water partition coefficient (Wildman–Crippen LogP) is 6.13. The van der Waals surface area contributed by atoms with E-state index in [2.05, 4.69) is 5.32 Å². The molecule has 0 radical (unpaired) electrons. The molecule has 7 nitrogen and oxygen atoms in total. The lowest BCUT2D eigenvalue weighted by Gasteiger charge is -2.16. The van der Waals surface area contributed by atoms with Crippen LogP contribution in [0.3, 0.4) is 0 Å². The molecule has 4 rings (SSSR count). The number of nitrogens with one attached hydrogen (secondary N) is 1. The van der Waals surface area contributed by atoms with E-state index in [4.69, 9.17) is 26.4 Å². The van der Waals surface area contributed by atoms with E-state index in [0.717, 1.165) is 22.4 Å². The maximum Gasteiger partial charge on any atom is 0.270 e. The number of benzene rings is 3. The minimum Gasteiger partial charge on any atom is -0.495 e. The van der Waals surface area contributed by atoms with Crippen molar-refractivity contribution in [2.45, 2.75) is 20.8 Å². The Balaban J connectivity index is 1.48. The minimum absolute atomic E-state index is 0.172. The third kappa shape index (κ3) is 6.17. The number of nitrogens with zero attached hydrogens (tertiary/aromatic N) is 1. The van der Waals surface area contributed by atoms with E-state index in [1.54, 1.807) is 54.5 Å². The van der Waals surface area contributed by atoms with E-state index >= 15 is 0 Å². The van der Waals surface area contributed by atoms with Gasteiger partial charge in [-0.05, 0) is 79.9 Å². The smallest absolute Gasteiger partial charge is 0.270 e. The van der Waals surface area contributed by atoms with Crippen molar-refractivity contribution in [2.24, 2.45) is 0 Å². The highest BCUT2D eigenvalue weighted by Crippen LogP contribution is 2.38. The molecule has 1 aliphatic heterocycles. The zero-order chi connectivity index (χ0) is 27.2. The van der Waals surface area contributed by atoms with E-state index in [0.29, 0.717) is 38.8 Å². The van der Waals surface area contributed by atoms with Gasteiger partial charge in [-0.25, -0.2) is 0 Å². The Bertz CT molecular complexity index is 1420. The Labute approximate surface area is 231 Å². The van der Waals surface area contributed by atoms with Gasteiger partial charge in [0.1, 0.15) is 5.75 Å². The quantitative estimate of drug-likeness (QED) is 0.254. The molecule has 0 spiro atoms. The van der Waals surface area contributed by atoms with E-state index in [1.165, 1.54) is 11.8 Å². The Morgan fingerprint density at radius 3 is 2.53 bits per heavy atom. The summed E-state index contributed by atoms with van der Waals surface area (Å²) in [7, 11) is 1.54. The molecular weight excluding hydrogens is 520 g/mol. The summed E-state index contributed by atoms with van der Waals surface area (Å²) in [4.78, 5) is 27.8. The average molecular weight is 549 g/mol. The van der Waals surface area contributed by atoms with Crippen molar-refractivity contribution < 1.29 is 23.8 Å². The molecule has 0 saturated carbocycles. The number of carbonyl (C=O) groups excluding carboxylic acids is 2. The number of aryl methyl sites for hydroxylation is 2. The van der Waals surface area contributed by atoms with E-state index in [-0.39, 0.29) is 18.4 Å². The van der Waals surface area contributed by atoms with Crippen LogP contribution < -0.4 is 24.4 Å². The highest BCUT2D eigenvalue weighted by atomic mass is 32.2. The Morgan fingerprint density at radius 1 is 1.00 bits per heavy atom. The van der Waals surface area contributed by atoms with Crippen molar-refractivity contribution in [2.75, 3.05) is 30.5 Å². The van der Waals surface area contributed by atoms with Crippen LogP contribution in [0.25, 0.3) is 6.08 Å². The number of hydrogen-bond acceptors (Lipinski definition) is 7. The Morgan fingerprint density at radius 2 is 1.79 bits per heavy atom. The van der Waals surface area contributed by atoms with Crippen LogP contribution in [0.15, 0.2) is 65.6 Å². The lowest BCUT2D eigenvalue weighted by Crippen LogP contribution is -2.27. The van der Waals surface area contributed by atoms with Crippen LogP contribution in [0.5, 0.6) is 17.2 Å². The van der Waals surface area contributed by atoms with Crippen LogP contribution in [-0.2, 0) is 9.59 Å². The SMILES string of the molecule is CCOc1cc(/C=C2/SC(=S)N(c3ccc(C)c(C)c3)C2=O)ccc1OCC(=O)Nc1ccccc1OC. The largest absolute Gasteiger partial charge is 0.495 e. The summed E-state index contributed by atoms with van der Waals surface area (Å²) in [6.45, 7) is 6.08. The first-order valence-corrected chi connectivity index (χ1v) is 13.2. The first-order valence-electron chi connectivity index (χ1n) is 12.0. The predicted molar refractivity (Wildman–Crippen MR) is 156 cm³/mol. The number of thiocarbonyl (C=S) groups is 1. The molecular formula is C29H28N2O5S2. The van der Waals surface area contributed by atoms with E-state index < -0.39 is 0 Å². The first kappa shape index (κ1) is 27.2. The van der Waals surface area contributed by atoms with Gasteiger partial charge in [0.25, 0.3) is 11.8 Å². The standard InChI is InChI=1S/C29H28N2O5S2/c1-5-35-25-15-20(11-13-24(25)36-17-27(32)30-22-8-6-7-9-23(22)34-4)16-26-28(33)31(29(37)38-26)21-12-10-18(2)19(3)14-21/h6-16H,5,17H2,1-4H3,(H,30,32)/b26-16+. The topological polar surface area (TPSA) is 77.1 Å². The van der Waals surface area contributed by atoms with Crippen LogP contribution >= 0.6 is 24.0 Å². The summed E-state index contributed by atoms with van der Waals surface area (Å²) in [5, 5.41) is 2.78. The van der Waals surface area contributed by atoms with E-state index in [1.807, 2.05) is 45.0 Å². The van der Waals surface area contributed by atoms with Crippen molar-refractivity contribution in [3.05, 3.63) is 82.3 Å². The van der Waals surface area contributed by atoms with Crippen LogP contribution in [0.4, 0.5) is 11.4 Å². The van der Waals surface area contributed by atoms with Crippen LogP contribution in [-0.4, -0.2) is 36.5 Å². The van der Waals surface area contributed by atoms with Crippen LogP contribution in [0.1, 0.15) is 23.6 Å². The number of carbonyl (C=O) groups is 2. The van der Waals surface area contributed by atoms with Gasteiger partial charge in [-0.1, -0.05) is 48.2 Å². The fraction of sp³-hybridized carbons (Fsp3) is 0.207. The lowest BCUT2D eigenvalue weighted by molar-refractivity contribution is -0.118. The molecule has 196 valence electrons. The number of amides is 2. The first-order chi connectivity index (χ1) is 18.3. The molecule has 3 aromatic carbocycles. The molecule has 1 heterocycles. The second kappa shape index (κ2) is 12.1. The Kier molecular flexibility index (Phi) is 8.70. The summed E-state index contributed by atoms with van der Waals surface area (Å²) in [6.07, 6.45) is 1.78. The van der Waals surface area contributed by atoms with Crippen LogP contribution in [0, 0.1) is 13.8 Å². The normalized spacial score (nSPS) is 14.1. The zero-order valence-electron chi connectivity index (χ0n) is 21.6. The van der Waals surface area contributed by atoms with Gasteiger partial charge < -0.3 is 19.5 Å². The second-order valence-corrected chi connectivity index (χ2v) is 10.1. The number of para-hydroxylation sites is 2. The number of rotatable bonds is 9. The highest BCUT2D eigenvalue weighted by molar-refractivity contribution is 8.27. The number of hydrogen-bond donors (Lipinski definition) is 1. The molecule has 1 aliphatic rings. The molecule has 1 N–H and O–H groups in total. The molecule has 0 bridgehead atoms. The lowest BCUT2D eigenvalue weighted by atomic mass is 10.1. The van der Waals surface area contributed by atoms with Gasteiger partial charge in [-0.15, -0.1) is 0 Å². The molecule has 0 atom stereocenters. The summed E-state index contributed by atoms with van der Waals surface area (Å²) in [5.41, 5.74) is 4.30. The zero-order valence-corrected chi connectivity index (χ0v) is 23.2. The molecule has 1 fully saturated rings. The fourth-order valence-electron chi connectivity index (χ4n) is 3.79. The van der Waals surface area contributed by atoms with Gasteiger partial charge in [-0.3, -0.25) is 14.5 Å². The molecule has 9 heteroatoms. The van der Waals surface area contributed by atoms with Crippen molar-refractivity contribution >= 4 is 57.6 Å². The number of anilines is 2. The van der Waals surface area contributed by atoms with Crippen molar-refractivity contribution in [1.29, 1.82) is 0 Å². The summed E-state index contributed by atoms with van der Waals surface area (Å²) in [6, 6.07) is 18.3. The summed E-state index contributed by atoms with van der Waals surface area (Å²) < 4.78 is 17.3. The maximum absolute atomic E-state index is 13.2. The second-order valence-electron chi connectivity index (χ2n) is 8.46. The summed E-state index contributed by atoms with van der Waals surface area (Å²) in [5.74, 6) is 0.937. The van der Waals surface area contributed by atoms with Gasteiger partial charge >= 0.3 is 0 Å². The number of thioether (sulfide) groups is 1. The molecule has 0 aromatic heterocycles. The fourth-order valence-corrected chi connectivity index (χ4v) is 5.08. The Hall–Kier alpha value is -3.82. The summed E-state index contributed by atoms with van der Waals surface area (Å²) >= 11 is 6.77. The van der Waals surface area contributed by atoms with Crippen molar-refractivity contribution in [3.8, 4) is 17.2 Å². The van der Waals surface area contributed by atoms with E-state index in [9.17, 15) is 9.59 Å². The monoisotopic (exact) mass is 548 g/mol.